The van der Waals surface area contributed by atoms with Gasteiger partial charge in [-0.3, -0.25) is 9.59 Å². The van der Waals surface area contributed by atoms with Crippen molar-refractivity contribution >= 4 is 45.7 Å². The van der Waals surface area contributed by atoms with E-state index in [0.29, 0.717) is 17.2 Å². The van der Waals surface area contributed by atoms with E-state index in [-0.39, 0.29) is 35.1 Å². The Hall–Kier alpha value is -3.82. The molecule has 2 aliphatic heterocycles. The maximum atomic E-state index is 14.2. The summed E-state index contributed by atoms with van der Waals surface area (Å²) in [4.78, 5) is 50.1. The Bertz CT molecular complexity index is 1740. The first-order chi connectivity index (χ1) is 20.8. The van der Waals surface area contributed by atoms with Gasteiger partial charge in [0.25, 0.3) is 0 Å². The van der Waals surface area contributed by atoms with E-state index in [4.69, 9.17) is 4.98 Å². The zero-order chi connectivity index (χ0) is 29.8. The van der Waals surface area contributed by atoms with Crippen molar-refractivity contribution in [2.45, 2.75) is 58.0 Å². The molecular formula is C34H36N4O4S. The van der Waals surface area contributed by atoms with Gasteiger partial charge in [0.15, 0.2) is 5.78 Å². The van der Waals surface area contributed by atoms with E-state index in [1.54, 1.807) is 0 Å². The third-order valence-corrected chi connectivity index (χ3v) is 10.8. The topological polar surface area (TPSA) is 95.7 Å². The van der Waals surface area contributed by atoms with Gasteiger partial charge in [0.1, 0.15) is 10.7 Å². The van der Waals surface area contributed by atoms with Crippen LogP contribution >= 0.6 is 11.3 Å². The maximum absolute atomic E-state index is 14.2. The second-order valence-electron chi connectivity index (χ2n) is 12.5. The van der Waals surface area contributed by atoms with Crippen molar-refractivity contribution in [1.82, 2.24) is 14.5 Å². The minimum atomic E-state index is -1.03. The summed E-state index contributed by atoms with van der Waals surface area (Å²) in [7, 11) is 2.09. The number of nitrogens with zero attached hydrogens (tertiary/aromatic N) is 4. The Balaban J connectivity index is 1.29. The second-order valence-corrected chi connectivity index (χ2v) is 13.6. The van der Waals surface area contributed by atoms with Gasteiger partial charge in [-0.25, -0.2) is 9.78 Å². The van der Waals surface area contributed by atoms with Crippen molar-refractivity contribution in [3.8, 4) is 21.8 Å². The Labute approximate surface area is 254 Å². The number of hydrogen-bond acceptors (Lipinski definition) is 6. The van der Waals surface area contributed by atoms with Gasteiger partial charge in [0, 0.05) is 28.0 Å². The van der Waals surface area contributed by atoms with Crippen molar-refractivity contribution in [2.75, 3.05) is 25.0 Å². The van der Waals surface area contributed by atoms with Crippen LogP contribution in [0.15, 0.2) is 48.5 Å². The summed E-state index contributed by atoms with van der Waals surface area (Å²) in [5, 5.41) is 10.4. The molecule has 3 aliphatic rings. The highest BCUT2D eigenvalue weighted by molar-refractivity contribution is 7.18. The number of benzene rings is 2. The van der Waals surface area contributed by atoms with Gasteiger partial charge in [-0.1, -0.05) is 25.1 Å². The van der Waals surface area contributed by atoms with E-state index >= 15 is 0 Å². The lowest BCUT2D eigenvalue weighted by Crippen LogP contribution is -2.49. The minimum absolute atomic E-state index is 0.00241. The number of hydrogen-bond donors (Lipinski definition) is 1. The fourth-order valence-corrected chi connectivity index (χ4v) is 8.09. The van der Waals surface area contributed by atoms with Crippen molar-refractivity contribution in [3.05, 3.63) is 59.0 Å². The Kier molecular flexibility index (Phi) is 7.18. The largest absolute Gasteiger partial charge is 0.477 e. The number of thiophene rings is 1. The molecule has 9 heteroatoms. The quantitative estimate of drug-likeness (QED) is 0.280. The number of carboxylic acid groups (broad SMARTS) is 1. The number of para-hydroxylation sites is 2. The monoisotopic (exact) mass is 596 g/mol. The summed E-state index contributed by atoms with van der Waals surface area (Å²) in [6.07, 6.45) is 5.36. The highest BCUT2D eigenvalue weighted by Gasteiger charge is 2.37. The molecule has 4 heterocycles. The van der Waals surface area contributed by atoms with Gasteiger partial charge in [-0.05, 0) is 100 Å². The van der Waals surface area contributed by atoms with Crippen LogP contribution in [0.2, 0.25) is 0 Å². The second kappa shape index (κ2) is 11.0. The molecule has 1 aliphatic carbocycles. The van der Waals surface area contributed by atoms with Crippen LogP contribution in [-0.4, -0.2) is 63.4 Å². The molecule has 222 valence electrons. The number of rotatable bonds is 5. The van der Waals surface area contributed by atoms with Gasteiger partial charge < -0.3 is 19.5 Å². The average molecular weight is 597 g/mol. The number of aromatic carboxylic acids is 1. The van der Waals surface area contributed by atoms with Crippen molar-refractivity contribution in [3.63, 3.8) is 0 Å². The van der Waals surface area contributed by atoms with Crippen LogP contribution in [0, 0.1) is 11.8 Å². The first-order valence-corrected chi connectivity index (χ1v) is 16.1. The summed E-state index contributed by atoms with van der Waals surface area (Å²) in [5.41, 5.74) is 4.42. The minimum Gasteiger partial charge on any atom is -0.477 e. The van der Waals surface area contributed by atoms with Crippen molar-refractivity contribution in [2.24, 2.45) is 11.8 Å². The van der Waals surface area contributed by atoms with E-state index in [0.717, 1.165) is 84.5 Å². The summed E-state index contributed by atoms with van der Waals surface area (Å²) < 4.78 is 1.96. The fourth-order valence-electron chi connectivity index (χ4n) is 7.10. The molecule has 0 spiro atoms. The Morgan fingerprint density at radius 2 is 1.72 bits per heavy atom. The molecule has 1 N–H and O–H groups in total. The number of carbonyl (C=O) groups excluding carboxylic acids is 2. The molecule has 0 radical (unpaired) electrons. The molecule has 0 atom stereocenters. The average Bonchev–Trinajstić information content (AvgIpc) is 3.61. The lowest BCUT2D eigenvalue weighted by molar-refractivity contribution is -0.124. The molecule has 7 rings (SSSR count). The summed E-state index contributed by atoms with van der Waals surface area (Å²) >= 11 is 1.18. The molecule has 2 aromatic carbocycles. The number of imidazole rings is 1. The molecule has 4 aromatic rings. The van der Waals surface area contributed by atoms with Crippen LogP contribution in [0.3, 0.4) is 0 Å². The van der Waals surface area contributed by atoms with Crippen LogP contribution < -0.4 is 4.90 Å². The number of fused-ring (bicyclic) bond motifs is 5. The molecule has 1 saturated carbocycles. The molecule has 0 unspecified atom stereocenters. The van der Waals surface area contributed by atoms with Gasteiger partial charge in [-0.2, -0.15) is 0 Å². The molecule has 2 aromatic heterocycles. The number of anilines is 1. The lowest BCUT2D eigenvalue weighted by atomic mass is 9.82. The fraction of sp³-hybridized carbons (Fsp3) is 0.412. The number of amides is 1. The van der Waals surface area contributed by atoms with E-state index in [9.17, 15) is 19.5 Å². The van der Waals surface area contributed by atoms with Crippen LogP contribution in [0.1, 0.15) is 65.5 Å². The standard InChI is InChI=1S/C34H36N4O4S/c1-20-7-9-21(10-8-20)33(40)38(23-13-15-36(2)16-14-23)28-18-30(43-31(28)34(41)42)22-11-12-24-25(17-22)29(39)19-37-27-6-4-3-5-26(27)35-32(24)37/h3-6,11-12,17-18,20-21,23H,7-10,13-16,19H2,1-2H3,(H,41,42). The van der Waals surface area contributed by atoms with Gasteiger partial charge in [0.05, 0.1) is 23.3 Å². The first kappa shape index (κ1) is 28.0. The predicted molar refractivity (Wildman–Crippen MR) is 169 cm³/mol. The van der Waals surface area contributed by atoms with E-state index in [2.05, 4.69) is 18.9 Å². The third-order valence-electron chi connectivity index (χ3n) is 9.62. The van der Waals surface area contributed by atoms with Gasteiger partial charge >= 0.3 is 5.97 Å². The van der Waals surface area contributed by atoms with Crippen LogP contribution in [0.4, 0.5) is 5.69 Å². The Morgan fingerprint density at radius 3 is 2.47 bits per heavy atom. The number of likely N-dealkylation sites (tertiary alicyclic amines) is 1. The number of carboxylic acids is 1. The maximum Gasteiger partial charge on any atom is 0.348 e. The number of Topliss-reactive ketones (excluding diaryl/α,β-unsaturated/α-hetero) is 1. The SMILES string of the molecule is CC1CCC(C(=O)N(c2cc(-c3ccc4c(c3)C(=O)Cn3c-4nc4ccccc43)sc2C(=O)O)C2CCN(C)CC2)CC1. The Morgan fingerprint density at radius 1 is 0.977 bits per heavy atom. The predicted octanol–water partition coefficient (Wildman–Crippen LogP) is 6.58. The van der Waals surface area contributed by atoms with E-state index < -0.39 is 5.97 Å². The molecule has 1 saturated heterocycles. The summed E-state index contributed by atoms with van der Waals surface area (Å²) in [5.74, 6) is 0.330. The van der Waals surface area contributed by atoms with Crippen LogP contribution in [0.25, 0.3) is 32.9 Å². The van der Waals surface area contributed by atoms with Crippen molar-refractivity contribution in [1.29, 1.82) is 0 Å². The molecule has 8 nitrogen and oxygen atoms in total. The third kappa shape index (κ3) is 4.98. The smallest absolute Gasteiger partial charge is 0.348 e. The zero-order valence-corrected chi connectivity index (χ0v) is 25.4. The van der Waals surface area contributed by atoms with E-state index in [1.165, 1.54) is 11.3 Å². The number of ketones is 1. The van der Waals surface area contributed by atoms with Gasteiger partial charge in [-0.15, -0.1) is 11.3 Å². The molecule has 0 bridgehead atoms. The molecule has 1 amide bonds. The summed E-state index contributed by atoms with van der Waals surface area (Å²) in [6, 6.07) is 15.4. The van der Waals surface area contributed by atoms with Gasteiger partial charge in [0.2, 0.25) is 5.91 Å². The van der Waals surface area contributed by atoms with E-state index in [1.807, 2.05) is 58.0 Å². The number of aromatic nitrogens is 2. The first-order valence-electron chi connectivity index (χ1n) is 15.3. The van der Waals surface area contributed by atoms with Crippen LogP contribution in [0.5, 0.6) is 0 Å². The van der Waals surface area contributed by atoms with Crippen LogP contribution in [-0.2, 0) is 11.3 Å². The molecular weight excluding hydrogens is 560 g/mol. The lowest BCUT2D eigenvalue weighted by Gasteiger charge is -2.39. The molecule has 43 heavy (non-hydrogen) atoms. The highest BCUT2D eigenvalue weighted by Crippen LogP contribution is 2.43. The molecule has 2 fully saturated rings. The van der Waals surface area contributed by atoms with Crippen molar-refractivity contribution < 1.29 is 19.5 Å². The normalized spacial score (nSPS) is 21.0. The highest BCUT2D eigenvalue weighted by atomic mass is 32.1. The number of piperidine rings is 1. The number of carbonyl (C=O) groups is 3. The zero-order valence-electron chi connectivity index (χ0n) is 24.6. The summed E-state index contributed by atoms with van der Waals surface area (Å²) in [6.45, 7) is 4.18.